The normalized spacial score (nSPS) is 11.2. The maximum absolute atomic E-state index is 11.3. The molecule has 0 aliphatic carbocycles. The molecule has 2 aromatic carbocycles. The summed E-state index contributed by atoms with van der Waals surface area (Å²) in [5.74, 6) is 0.150. The topological polar surface area (TPSA) is 125 Å². The van der Waals surface area contributed by atoms with Crippen LogP contribution in [0.3, 0.4) is 0 Å². The largest absolute Gasteiger partial charge is 0.436 e. The van der Waals surface area contributed by atoms with Crippen LogP contribution in [-0.2, 0) is 0 Å². The number of fused-ring (bicyclic) bond motifs is 2. The summed E-state index contributed by atoms with van der Waals surface area (Å²) in [7, 11) is 0. The van der Waals surface area contributed by atoms with Crippen molar-refractivity contribution in [3.8, 4) is 11.5 Å². The van der Waals surface area contributed by atoms with E-state index in [4.69, 9.17) is 16.0 Å². The van der Waals surface area contributed by atoms with E-state index >= 15 is 0 Å². The van der Waals surface area contributed by atoms with Crippen LogP contribution in [0.25, 0.3) is 33.5 Å². The van der Waals surface area contributed by atoms with E-state index in [0.717, 1.165) is 10.5 Å². The molecule has 0 saturated carbocycles. The van der Waals surface area contributed by atoms with Gasteiger partial charge in [-0.1, -0.05) is 27.5 Å². The molecule has 0 fully saturated rings. The van der Waals surface area contributed by atoms with E-state index in [-0.39, 0.29) is 27.5 Å². The molecule has 2 heterocycles. The monoisotopic (exact) mass is 448 g/mol. The van der Waals surface area contributed by atoms with Crippen LogP contribution < -0.4 is 0 Å². The summed E-state index contributed by atoms with van der Waals surface area (Å²) in [6.07, 6.45) is 0. The second-order valence-corrected chi connectivity index (χ2v) is 6.78. The van der Waals surface area contributed by atoms with Crippen LogP contribution in [-0.4, -0.2) is 19.8 Å². The first-order valence-electron chi connectivity index (χ1n) is 7.33. The van der Waals surface area contributed by atoms with E-state index in [2.05, 4.69) is 25.9 Å². The van der Waals surface area contributed by atoms with Gasteiger partial charge in [0.25, 0.3) is 5.69 Å². The highest BCUT2D eigenvalue weighted by Crippen LogP contribution is 2.36. The van der Waals surface area contributed by atoms with E-state index < -0.39 is 21.2 Å². The number of rotatable bonds is 3. The summed E-state index contributed by atoms with van der Waals surface area (Å²) < 4.78 is 6.48. The first kappa shape index (κ1) is 17.3. The molecule has 0 atom stereocenters. The third kappa shape index (κ3) is 2.98. The Labute approximate surface area is 163 Å². The van der Waals surface area contributed by atoms with Crippen molar-refractivity contribution in [2.24, 2.45) is 0 Å². The fourth-order valence-corrected chi connectivity index (χ4v) is 3.21. The molecule has 0 amide bonds. The first-order chi connectivity index (χ1) is 12.8. The lowest BCUT2D eigenvalue weighted by Gasteiger charge is -2.04. The lowest BCUT2D eigenvalue weighted by molar-refractivity contribution is -0.393. The molecule has 0 bridgehead atoms. The van der Waals surface area contributed by atoms with E-state index in [1.54, 1.807) is 18.2 Å². The molecule has 4 rings (SSSR count). The van der Waals surface area contributed by atoms with Crippen molar-refractivity contribution in [3.63, 3.8) is 0 Å². The maximum atomic E-state index is 11.3. The Morgan fingerprint density at radius 2 is 1.81 bits per heavy atom. The molecule has 0 aliphatic rings. The molecule has 0 N–H and O–H groups in total. The maximum Gasteiger partial charge on any atom is 0.302 e. The number of non-ortho nitro benzene ring substituents is 2. The van der Waals surface area contributed by atoms with E-state index in [9.17, 15) is 20.2 Å². The predicted molar refractivity (Wildman–Crippen MR) is 101 cm³/mol. The number of aromatic nitrogens is 2. The van der Waals surface area contributed by atoms with Crippen molar-refractivity contribution in [3.05, 3.63) is 66.3 Å². The van der Waals surface area contributed by atoms with Gasteiger partial charge in [0.15, 0.2) is 11.1 Å². The molecule has 27 heavy (non-hydrogen) atoms. The molecule has 0 unspecified atom stereocenters. The molecular formula is C16H6BrClN4O5. The summed E-state index contributed by atoms with van der Waals surface area (Å²) in [4.78, 5) is 29.3. The van der Waals surface area contributed by atoms with Crippen LogP contribution in [0.15, 0.2) is 45.3 Å². The van der Waals surface area contributed by atoms with E-state index in [1.165, 1.54) is 12.1 Å². The number of hydrogen-bond donors (Lipinski definition) is 0. The van der Waals surface area contributed by atoms with Gasteiger partial charge in [-0.3, -0.25) is 20.2 Å². The fourth-order valence-electron chi connectivity index (χ4n) is 2.64. The third-order valence-electron chi connectivity index (χ3n) is 3.82. The molecule has 4 aromatic rings. The predicted octanol–water partition coefficient (Wildman–Crippen LogP) is 5.28. The summed E-state index contributed by atoms with van der Waals surface area (Å²) >= 11 is 9.54. The number of pyridine rings is 1. The number of oxazole rings is 1. The van der Waals surface area contributed by atoms with Gasteiger partial charge in [-0.05, 0) is 24.3 Å². The summed E-state index contributed by atoms with van der Waals surface area (Å²) in [5.41, 5.74) is 0.361. The lowest BCUT2D eigenvalue weighted by Crippen LogP contribution is -1.96. The van der Waals surface area contributed by atoms with Gasteiger partial charge in [-0.15, -0.1) is 0 Å². The molecule has 0 radical (unpaired) electrons. The molecule has 11 heteroatoms. The molecule has 0 saturated heterocycles. The first-order valence-corrected chi connectivity index (χ1v) is 8.50. The van der Waals surface area contributed by atoms with Gasteiger partial charge in [-0.2, -0.15) is 0 Å². The van der Waals surface area contributed by atoms with Gasteiger partial charge in [-0.25, -0.2) is 9.97 Å². The Hall–Kier alpha value is -3.11. The van der Waals surface area contributed by atoms with Gasteiger partial charge in [0.1, 0.15) is 10.7 Å². The second-order valence-electron chi connectivity index (χ2n) is 5.51. The van der Waals surface area contributed by atoms with E-state index in [1.807, 2.05) is 0 Å². The van der Waals surface area contributed by atoms with Crippen molar-refractivity contribution in [1.29, 1.82) is 0 Å². The van der Waals surface area contributed by atoms with Crippen LogP contribution in [0, 0.1) is 20.2 Å². The van der Waals surface area contributed by atoms with Crippen LogP contribution in [0.1, 0.15) is 0 Å². The number of nitro groups is 2. The van der Waals surface area contributed by atoms with Gasteiger partial charge in [0.05, 0.1) is 21.5 Å². The minimum atomic E-state index is -0.741. The van der Waals surface area contributed by atoms with Crippen LogP contribution in [0.4, 0.5) is 11.4 Å². The average Bonchev–Trinajstić information content (AvgIpc) is 3.02. The Balaban J connectivity index is 1.99. The van der Waals surface area contributed by atoms with Crippen LogP contribution in [0.5, 0.6) is 0 Å². The average molecular weight is 450 g/mol. The van der Waals surface area contributed by atoms with Crippen LogP contribution >= 0.6 is 27.5 Å². The highest BCUT2D eigenvalue weighted by atomic mass is 79.9. The minimum absolute atomic E-state index is 0.0572. The van der Waals surface area contributed by atoms with Crippen molar-refractivity contribution < 1.29 is 14.3 Å². The number of halogens is 2. The number of nitrogens with zero attached hydrogens (tertiary/aromatic N) is 4. The lowest BCUT2D eigenvalue weighted by atomic mass is 10.1. The molecule has 0 aliphatic heterocycles. The molecule has 2 aromatic heterocycles. The number of hydrogen-bond acceptors (Lipinski definition) is 7. The Bertz CT molecular complexity index is 1270. The standard InChI is InChI=1S/C16H6BrClN4O5/c17-8-1-2-13-11(5-8)19-16(27-13)10-4-7-3-9(21(23)24)6-12(22(25)26)14(7)20-15(10)18/h1-6H. The van der Waals surface area contributed by atoms with Crippen molar-refractivity contribution >= 4 is 60.9 Å². The molecular weight excluding hydrogens is 444 g/mol. The number of benzene rings is 2. The van der Waals surface area contributed by atoms with Gasteiger partial charge < -0.3 is 4.42 Å². The van der Waals surface area contributed by atoms with Gasteiger partial charge >= 0.3 is 5.69 Å². The smallest absolute Gasteiger partial charge is 0.302 e. The summed E-state index contributed by atoms with van der Waals surface area (Å²) in [5, 5.41) is 22.5. The zero-order valence-corrected chi connectivity index (χ0v) is 15.4. The Morgan fingerprint density at radius 3 is 2.52 bits per heavy atom. The molecule has 134 valence electrons. The zero-order valence-electron chi connectivity index (χ0n) is 13.1. The second kappa shape index (κ2) is 6.25. The highest BCUT2D eigenvalue weighted by Gasteiger charge is 2.23. The Morgan fingerprint density at radius 1 is 1.04 bits per heavy atom. The summed E-state index contributed by atoms with van der Waals surface area (Å²) in [6.45, 7) is 0. The number of nitro benzene ring substituents is 2. The SMILES string of the molecule is O=[N+]([O-])c1cc([N+](=O)[O-])c2nc(Cl)c(-c3nc4cc(Br)ccc4o3)cc2c1. The zero-order chi connectivity index (χ0) is 19.3. The van der Waals surface area contributed by atoms with E-state index in [0.29, 0.717) is 11.1 Å². The van der Waals surface area contributed by atoms with Crippen molar-refractivity contribution in [2.45, 2.75) is 0 Å². The minimum Gasteiger partial charge on any atom is -0.436 e. The fraction of sp³-hybridized carbons (Fsp3) is 0. The molecule has 0 spiro atoms. The third-order valence-corrected chi connectivity index (χ3v) is 4.61. The molecule has 9 nitrogen and oxygen atoms in total. The Kier molecular flexibility index (Phi) is 4.01. The highest BCUT2D eigenvalue weighted by molar-refractivity contribution is 9.10. The van der Waals surface area contributed by atoms with Crippen molar-refractivity contribution in [2.75, 3.05) is 0 Å². The van der Waals surface area contributed by atoms with Crippen molar-refractivity contribution in [1.82, 2.24) is 9.97 Å². The van der Waals surface area contributed by atoms with Gasteiger partial charge in [0.2, 0.25) is 5.89 Å². The van der Waals surface area contributed by atoms with Gasteiger partial charge in [0, 0.05) is 15.9 Å². The summed E-state index contributed by atoms with van der Waals surface area (Å²) in [6, 6.07) is 8.72. The quantitative estimate of drug-likeness (QED) is 0.237. The van der Waals surface area contributed by atoms with Crippen LogP contribution in [0.2, 0.25) is 5.15 Å².